The molecule has 3 rings (SSSR count). The standard InChI is InChI=1S/C29H37FP/c30-25-17-6-4-2-1-3-5-7-18-26-31(27-19-11-8-12-20-27,28-21-13-9-14-22-28)29-23-15-10-16-24-29/h8-16,19-24H,1-7,17-18,25-26H2/q+1/i30-1. The first-order valence-electron chi connectivity index (χ1n) is 12.0. The first-order valence-corrected chi connectivity index (χ1v) is 14.0. The molecule has 0 radical (unpaired) electrons. The Balaban J connectivity index is 1.70. The Morgan fingerprint density at radius 2 is 0.742 bits per heavy atom. The second kappa shape index (κ2) is 13.4. The summed E-state index contributed by atoms with van der Waals surface area (Å²) >= 11 is 0. The maximum absolute atomic E-state index is 12.2. The molecule has 0 aliphatic carbocycles. The van der Waals surface area contributed by atoms with Gasteiger partial charge in [0.15, 0.2) is 0 Å². The lowest BCUT2D eigenvalue weighted by Crippen LogP contribution is -2.33. The fourth-order valence-electron chi connectivity index (χ4n) is 4.56. The van der Waals surface area contributed by atoms with E-state index in [0.29, 0.717) is 0 Å². The molecule has 0 saturated heterocycles. The van der Waals surface area contributed by atoms with Gasteiger partial charge in [-0.15, -0.1) is 0 Å². The molecule has 0 aliphatic rings. The zero-order valence-corrected chi connectivity index (χ0v) is 19.7. The lowest BCUT2D eigenvalue weighted by atomic mass is 10.1. The van der Waals surface area contributed by atoms with Crippen LogP contribution in [-0.2, 0) is 0 Å². The van der Waals surface area contributed by atoms with Crippen LogP contribution in [0.1, 0.15) is 57.8 Å². The molecule has 0 saturated carbocycles. The minimum atomic E-state index is -1.66. The van der Waals surface area contributed by atoms with E-state index < -0.39 is 7.26 Å². The van der Waals surface area contributed by atoms with Gasteiger partial charge in [-0.2, -0.15) is 0 Å². The third kappa shape index (κ3) is 6.75. The van der Waals surface area contributed by atoms with Crippen molar-refractivity contribution in [2.24, 2.45) is 0 Å². The molecule has 0 aliphatic heterocycles. The maximum atomic E-state index is 12.2. The van der Waals surface area contributed by atoms with Gasteiger partial charge in [0.05, 0.1) is 12.8 Å². The summed E-state index contributed by atoms with van der Waals surface area (Å²) in [5.74, 6) is 0. The van der Waals surface area contributed by atoms with Crippen LogP contribution in [0.25, 0.3) is 0 Å². The van der Waals surface area contributed by atoms with E-state index >= 15 is 0 Å². The summed E-state index contributed by atoms with van der Waals surface area (Å²) in [5, 5.41) is 4.46. The third-order valence-corrected chi connectivity index (χ3v) is 10.7. The summed E-state index contributed by atoms with van der Waals surface area (Å²) in [4.78, 5) is 0. The van der Waals surface area contributed by atoms with Gasteiger partial charge in [-0.25, -0.2) is 0 Å². The van der Waals surface area contributed by atoms with Crippen LogP contribution in [0.4, 0.5) is 4.39 Å². The Labute approximate surface area is 189 Å². The zero-order valence-electron chi connectivity index (χ0n) is 18.8. The third-order valence-electron chi connectivity index (χ3n) is 6.22. The van der Waals surface area contributed by atoms with Gasteiger partial charge >= 0.3 is 0 Å². The minimum absolute atomic E-state index is 0.158. The smallest absolute Gasteiger partial charge is 0.112 e. The van der Waals surface area contributed by atoms with E-state index in [2.05, 4.69) is 91.0 Å². The van der Waals surface area contributed by atoms with Crippen LogP contribution in [0, 0.1) is 0 Å². The number of rotatable bonds is 14. The van der Waals surface area contributed by atoms with Crippen molar-refractivity contribution in [3.05, 3.63) is 91.0 Å². The van der Waals surface area contributed by atoms with Gasteiger partial charge in [0.25, 0.3) is 0 Å². The highest BCUT2D eigenvalue weighted by molar-refractivity contribution is 7.95. The number of benzene rings is 3. The highest BCUT2D eigenvalue weighted by Gasteiger charge is 2.44. The van der Waals surface area contributed by atoms with Crippen molar-refractivity contribution in [3.8, 4) is 0 Å². The van der Waals surface area contributed by atoms with Crippen molar-refractivity contribution >= 4 is 23.2 Å². The molecule has 0 unspecified atom stereocenters. The molecule has 0 N–H and O–H groups in total. The highest BCUT2D eigenvalue weighted by Crippen LogP contribution is 2.55. The van der Waals surface area contributed by atoms with Gasteiger partial charge in [0.2, 0.25) is 0 Å². The molecule has 2 heteroatoms. The molecule has 31 heavy (non-hydrogen) atoms. The van der Waals surface area contributed by atoms with Crippen LogP contribution in [0.5, 0.6) is 0 Å². The van der Waals surface area contributed by atoms with E-state index in [-0.39, 0.29) is 6.67 Å². The van der Waals surface area contributed by atoms with Crippen LogP contribution < -0.4 is 15.9 Å². The van der Waals surface area contributed by atoms with Crippen LogP contribution in [-0.4, -0.2) is 12.8 Å². The van der Waals surface area contributed by atoms with Crippen molar-refractivity contribution in [2.75, 3.05) is 12.8 Å². The molecule has 0 bridgehead atoms. The first kappa shape index (κ1) is 23.7. The van der Waals surface area contributed by atoms with Gasteiger partial charge in [0.1, 0.15) is 23.2 Å². The fourth-order valence-corrected chi connectivity index (χ4v) is 8.97. The normalized spacial score (nSPS) is 11.5. The van der Waals surface area contributed by atoms with Crippen LogP contribution in [0.15, 0.2) is 91.0 Å². The number of hydrogen-bond donors (Lipinski definition) is 0. The van der Waals surface area contributed by atoms with E-state index in [0.717, 1.165) is 12.8 Å². The molecule has 0 nitrogen and oxygen atoms in total. The van der Waals surface area contributed by atoms with Gasteiger partial charge in [0, 0.05) is 0 Å². The van der Waals surface area contributed by atoms with Gasteiger partial charge < -0.3 is 0 Å². The van der Waals surface area contributed by atoms with Crippen molar-refractivity contribution < 1.29 is 4.39 Å². The summed E-state index contributed by atoms with van der Waals surface area (Å²) < 4.78 is 12.2. The molecule has 3 aromatic rings. The Morgan fingerprint density at radius 3 is 1.10 bits per heavy atom. The number of unbranched alkanes of at least 4 members (excludes halogenated alkanes) is 8. The minimum Gasteiger partial charge on any atom is -0.251 e. The molecule has 164 valence electrons. The molecule has 0 heterocycles. The van der Waals surface area contributed by atoms with Crippen molar-refractivity contribution in [1.29, 1.82) is 0 Å². The summed E-state index contributed by atoms with van der Waals surface area (Å²) in [6, 6.07) is 33.6. The quantitative estimate of drug-likeness (QED) is 0.182. The van der Waals surface area contributed by atoms with E-state index in [1.54, 1.807) is 0 Å². The molecular formula is C29H37FP+. The Morgan fingerprint density at radius 1 is 0.419 bits per heavy atom. The molecular weight excluding hydrogens is 397 g/mol. The first-order chi connectivity index (χ1) is 15.4. The van der Waals surface area contributed by atoms with Crippen LogP contribution in [0.2, 0.25) is 0 Å². The molecule has 0 atom stereocenters. The predicted molar refractivity (Wildman–Crippen MR) is 138 cm³/mol. The molecule has 0 aromatic heterocycles. The molecule has 0 amide bonds. The van der Waals surface area contributed by atoms with Crippen LogP contribution >= 0.6 is 7.26 Å². The van der Waals surface area contributed by atoms with E-state index in [1.807, 2.05) is 0 Å². The monoisotopic (exact) mass is 434 g/mol. The van der Waals surface area contributed by atoms with E-state index in [4.69, 9.17) is 0 Å². The number of halogens is 1. The largest absolute Gasteiger partial charge is 0.251 e. The van der Waals surface area contributed by atoms with Crippen LogP contribution in [0.3, 0.4) is 0 Å². The number of alkyl halides is 1. The van der Waals surface area contributed by atoms with Gasteiger partial charge in [-0.05, 0) is 55.7 Å². The number of hydrogen-bond acceptors (Lipinski definition) is 0. The lowest BCUT2D eigenvalue weighted by molar-refractivity contribution is 0.449. The summed E-state index contributed by atoms with van der Waals surface area (Å²) in [5.41, 5.74) is 0. The Hall–Kier alpha value is -1.98. The molecule has 0 fully saturated rings. The summed E-state index contributed by atoms with van der Waals surface area (Å²) in [6.07, 6.45) is 11.9. The second-order valence-electron chi connectivity index (χ2n) is 8.41. The topological polar surface area (TPSA) is 0 Å². The summed E-state index contributed by atoms with van der Waals surface area (Å²) in [6.45, 7) is -0.158. The highest BCUT2D eigenvalue weighted by atomic mass is 31.2. The van der Waals surface area contributed by atoms with Crippen molar-refractivity contribution in [1.82, 2.24) is 0 Å². The average molecular weight is 435 g/mol. The summed E-state index contributed by atoms with van der Waals surface area (Å²) in [7, 11) is -1.66. The maximum Gasteiger partial charge on any atom is 0.112 e. The zero-order chi connectivity index (χ0) is 21.6. The average Bonchev–Trinajstić information content (AvgIpc) is 2.84. The van der Waals surface area contributed by atoms with Crippen molar-refractivity contribution in [3.63, 3.8) is 0 Å². The van der Waals surface area contributed by atoms with Crippen molar-refractivity contribution in [2.45, 2.75) is 57.8 Å². The van der Waals surface area contributed by atoms with Gasteiger partial charge in [-0.1, -0.05) is 93.1 Å². The SMILES string of the molecule is [18F]CCCCCCCCCCC[P+](c1ccccc1)(c1ccccc1)c1ccccc1. The van der Waals surface area contributed by atoms with Gasteiger partial charge in [-0.3, -0.25) is 4.39 Å². The molecule has 3 aromatic carbocycles. The predicted octanol–water partition coefficient (Wildman–Crippen LogP) is 7.46. The Kier molecular flexibility index (Phi) is 10.3. The Bertz CT molecular complexity index is 736. The van der Waals surface area contributed by atoms with E-state index in [1.165, 1.54) is 67.0 Å². The van der Waals surface area contributed by atoms with E-state index in [9.17, 15) is 4.39 Å². The molecule has 0 spiro atoms. The second-order valence-corrected chi connectivity index (χ2v) is 12.0. The fraction of sp³-hybridized carbons (Fsp3) is 0.379. The lowest BCUT2D eigenvalue weighted by Gasteiger charge is -2.27.